The summed E-state index contributed by atoms with van der Waals surface area (Å²) in [6.45, 7) is 4.02. The van der Waals surface area contributed by atoms with Gasteiger partial charge in [0.2, 0.25) is 0 Å². The van der Waals surface area contributed by atoms with Gasteiger partial charge in [0, 0.05) is 18.7 Å². The van der Waals surface area contributed by atoms with E-state index in [2.05, 4.69) is 6.92 Å². The molecule has 0 aromatic heterocycles. The van der Waals surface area contributed by atoms with Gasteiger partial charge in [0.15, 0.2) is 5.78 Å². The number of likely N-dealkylation sites (tertiary alicyclic amines) is 1. The van der Waals surface area contributed by atoms with Crippen LogP contribution in [0.1, 0.15) is 35.7 Å². The molecule has 1 aromatic rings. The molecule has 3 heteroatoms. The number of β-amino-alcohol motifs (C(OH)–C–C–N with tert-alkyl or cyclic N) is 1. The van der Waals surface area contributed by atoms with Gasteiger partial charge in [-0.3, -0.25) is 9.69 Å². The molecule has 1 saturated heterocycles. The van der Waals surface area contributed by atoms with Crippen molar-refractivity contribution < 1.29 is 9.90 Å². The van der Waals surface area contributed by atoms with Gasteiger partial charge in [0.05, 0.1) is 12.6 Å². The SMILES string of the molecule is CCCc1ccc(C(=O)CN2CCC(O)C2)cc1. The maximum atomic E-state index is 12.1. The van der Waals surface area contributed by atoms with E-state index >= 15 is 0 Å². The van der Waals surface area contributed by atoms with Crippen LogP contribution < -0.4 is 0 Å². The number of benzene rings is 1. The van der Waals surface area contributed by atoms with Crippen LogP contribution in [0.4, 0.5) is 0 Å². The molecule has 1 aromatic carbocycles. The zero-order chi connectivity index (χ0) is 13.0. The van der Waals surface area contributed by atoms with Crippen LogP contribution in [0.3, 0.4) is 0 Å². The molecule has 1 aliphatic rings. The maximum Gasteiger partial charge on any atom is 0.176 e. The van der Waals surface area contributed by atoms with E-state index in [0.717, 1.165) is 31.4 Å². The zero-order valence-electron chi connectivity index (χ0n) is 10.9. The summed E-state index contributed by atoms with van der Waals surface area (Å²) >= 11 is 0. The van der Waals surface area contributed by atoms with Crippen molar-refractivity contribution in [3.05, 3.63) is 35.4 Å². The molecule has 0 amide bonds. The second-order valence-electron chi connectivity index (χ2n) is 5.05. The molecule has 3 nitrogen and oxygen atoms in total. The average molecular weight is 247 g/mol. The van der Waals surface area contributed by atoms with Crippen LogP contribution in [0, 0.1) is 0 Å². The second-order valence-corrected chi connectivity index (χ2v) is 5.05. The lowest BCUT2D eigenvalue weighted by atomic mass is 10.1. The van der Waals surface area contributed by atoms with E-state index in [1.54, 1.807) is 0 Å². The van der Waals surface area contributed by atoms with Crippen LogP contribution in [0.5, 0.6) is 0 Å². The minimum Gasteiger partial charge on any atom is -0.392 e. The topological polar surface area (TPSA) is 40.5 Å². The lowest BCUT2D eigenvalue weighted by Gasteiger charge is -2.13. The summed E-state index contributed by atoms with van der Waals surface area (Å²) in [5, 5.41) is 9.43. The first-order chi connectivity index (χ1) is 8.69. The smallest absolute Gasteiger partial charge is 0.176 e. The highest BCUT2D eigenvalue weighted by atomic mass is 16.3. The molecular formula is C15H21NO2. The highest BCUT2D eigenvalue weighted by Crippen LogP contribution is 2.12. The molecule has 0 saturated carbocycles. The van der Waals surface area contributed by atoms with Crippen molar-refractivity contribution in [1.82, 2.24) is 4.90 Å². The molecule has 1 fully saturated rings. The van der Waals surface area contributed by atoms with Crippen molar-refractivity contribution >= 4 is 5.78 Å². The van der Waals surface area contributed by atoms with E-state index in [1.165, 1.54) is 5.56 Å². The number of ketones is 1. The predicted molar refractivity (Wildman–Crippen MR) is 71.8 cm³/mol. The van der Waals surface area contributed by atoms with Crippen LogP contribution in [-0.4, -0.2) is 41.5 Å². The molecule has 1 unspecified atom stereocenters. The van der Waals surface area contributed by atoms with Gasteiger partial charge in [0.1, 0.15) is 0 Å². The summed E-state index contributed by atoms with van der Waals surface area (Å²) in [5.74, 6) is 0.146. The molecule has 1 N–H and O–H groups in total. The minimum atomic E-state index is -0.260. The largest absolute Gasteiger partial charge is 0.392 e. The molecule has 0 bridgehead atoms. The van der Waals surface area contributed by atoms with E-state index in [9.17, 15) is 9.90 Å². The number of nitrogens with zero attached hydrogens (tertiary/aromatic N) is 1. The Hall–Kier alpha value is -1.19. The Balaban J connectivity index is 1.92. The first kappa shape index (κ1) is 13.2. The van der Waals surface area contributed by atoms with Crippen LogP contribution >= 0.6 is 0 Å². The van der Waals surface area contributed by atoms with Crippen molar-refractivity contribution in [2.45, 2.75) is 32.3 Å². The number of carbonyl (C=O) groups excluding carboxylic acids is 1. The van der Waals surface area contributed by atoms with Gasteiger partial charge in [-0.25, -0.2) is 0 Å². The highest BCUT2D eigenvalue weighted by Gasteiger charge is 2.22. The summed E-state index contributed by atoms with van der Waals surface area (Å²) in [5.41, 5.74) is 2.06. The summed E-state index contributed by atoms with van der Waals surface area (Å²) in [6, 6.07) is 7.91. The van der Waals surface area contributed by atoms with Crippen LogP contribution in [0.25, 0.3) is 0 Å². The maximum absolute atomic E-state index is 12.1. The Morgan fingerprint density at radius 2 is 2.11 bits per heavy atom. The van der Waals surface area contributed by atoms with Crippen molar-refractivity contribution in [2.24, 2.45) is 0 Å². The molecule has 0 aliphatic carbocycles. The summed E-state index contributed by atoms with van der Waals surface area (Å²) < 4.78 is 0. The van der Waals surface area contributed by atoms with Gasteiger partial charge in [-0.15, -0.1) is 0 Å². The van der Waals surface area contributed by atoms with E-state index in [-0.39, 0.29) is 11.9 Å². The third kappa shape index (κ3) is 3.40. The van der Waals surface area contributed by atoms with Crippen molar-refractivity contribution in [3.63, 3.8) is 0 Å². The van der Waals surface area contributed by atoms with Gasteiger partial charge >= 0.3 is 0 Å². The van der Waals surface area contributed by atoms with Crippen molar-refractivity contribution in [2.75, 3.05) is 19.6 Å². The van der Waals surface area contributed by atoms with Crippen LogP contribution in [0.2, 0.25) is 0 Å². The Morgan fingerprint density at radius 3 is 2.67 bits per heavy atom. The number of hydrogen-bond donors (Lipinski definition) is 1. The van der Waals surface area contributed by atoms with E-state index in [1.807, 2.05) is 29.2 Å². The third-order valence-electron chi connectivity index (χ3n) is 3.43. The molecule has 98 valence electrons. The first-order valence-corrected chi connectivity index (χ1v) is 6.71. The second kappa shape index (κ2) is 6.12. The van der Waals surface area contributed by atoms with Crippen LogP contribution in [-0.2, 0) is 6.42 Å². The Labute approximate surface area is 108 Å². The van der Waals surface area contributed by atoms with Gasteiger partial charge in [0.25, 0.3) is 0 Å². The molecular weight excluding hydrogens is 226 g/mol. The van der Waals surface area contributed by atoms with E-state index in [4.69, 9.17) is 0 Å². The molecule has 1 heterocycles. The lowest BCUT2D eigenvalue weighted by molar-refractivity contribution is 0.0935. The Bertz CT molecular complexity index is 399. The van der Waals surface area contributed by atoms with Gasteiger partial charge < -0.3 is 5.11 Å². The number of aliphatic hydroxyl groups excluding tert-OH is 1. The van der Waals surface area contributed by atoms with Gasteiger partial charge in [-0.1, -0.05) is 37.6 Å². The number of aliphatic hydroxyl groups is 1. The molecule has 18 heavy (non-hydrogen) atoms. The number of rotatable bonds is 5. The minimum absolute atomic E-state index is 0.146. The number of aryl methyl sites for hydroxylation is 1. The van der Waals surface area contributed by atoms with Crippen LogP contribution in [0.15, 0.2) is 24.3 Å². The van der Waals surface area contributed by atoms with E-state index in [0.29, 0.717) is 13.1 Å². The standard InChI is InChI=1S/C15H21NO2/c1-2-3-12-4-6-13(7-5-12)15(18)11-16-9-8-14(17)10-16/h4-7,14,17H,2-3,8-11H2,1H3. The Morgan fingerprint density at radius 1 is 1.39 bits per heavy atom. The summed E-state index contributed by atoms with van der Waals surface area (Å²) in [6.07, 6.45) is 2.71. The number of carbonyl (C=O) groups is 1. The Kier molecular flexibility index (Phi) is 4.50. The highest BCUT2D eigenvalue weighted by molar-refractivity contribution is 5.97. The fraction of sp³-hybridized carbons (Fsp3) is 0.533. The number of hydrogen-bond acceptors (Lipinski definition) is 3. The third-order valence-corrected chi connectivity index (χ3v) is 3.43. The predicted octanol–water partition coefficient (Wildman–Crippen LogP) is 1.89. The summed E-state index contributed by atoms with van der Waals surface area (Å²) in [7, 11) is 0. The van der Waals surface area contributed by atoms with E-state index < -0.39 is 0 Å². The lowest BCUT2D eigenvalue weighted by Crippen LogP contribution is -2.28. The molecule has 0 radical (unpaired) electrons. The molecule has 1 atom stereocenters. The van der Waals surface area contributed by atoms with Crippen molar-refractivity contribution in [3.8, 4) is 0 Å². The summed E-state index contributed by atoms with van der Waals surface area (Å²) in [4.78, 5) is 14.1. The monoisotopic (exact) mass is 247 g/mol. The van der Waals surface area contributed by atoms with Gasteiger partial charge in [-0.2, -0.15) is 0 Å². The molecule has 2 rings (SSSR count). The van der Waals surface area contributed by atoms with Gasteiger partial charge in [-0.05, 0) is 18.4 Å². The van der Waals surface area contributed by atoms with Crippen molar-refractivity contribution in [1.29, 1.82) is 0 Å². The normalized spacial score (nSPS) is 20.2. The molecule has 0 spiro atoms. The zero-order valence-corrected chi connectivity index (χ0v) is 10.9. The fourth-order valence-electron chi connectivity index (χ4n) is 2.40. The first-order valence-electron chi connectivity index (χ1n) is 6.71. The quantitative estimate of drug-likeness (QED) is 0.808. The fourth-order valence-corrected chi connectivity index (χ4v) is 2.40. The number of Topliss-reactive ketones (excluding diaryl/α,β-unsaturated/α-hetero) is 1. The average Bonchev–Trinajstić information content (AvgIpc) is 2.76. The molecule has 1 aliphatic heterocycles.